The molecule has 1 amide bonds. The molecule has 1 fully saturated rings. The van der Waals surface area contributed by atoms with Gasteiger partial charge in [0.15, 0.2) is 0 Å². The van der Waals surface area contributed by atoms with Crippen molar-refractivity contribution in [1.82, 2.24) is 0 Å². The Kier molecular flexibility index (Phi) is 6.80. The number of hydrogen-bond donors (Lipinski definition) is 1. The van der Waals surface area contributed by atoms with Crippen LogP contribution in [0.3, 0.4) is 0 Å². The Morgan fingerprint density at radius 2 is 2.45 bits per heavy atom. The molecule has 4 nitrogen and oxygen atoms in total. The van der Waals surface area contributed by atoms with Crippen LogP contribution in [-0.4, -0.2) is 36.7 Å². The van der Waals surface area contributed by atoms with Crippen LogP contribution in [-0.2, 0) is 9.53 Å². The molecule has 1 aromatic rings. The Bertz CT molecular complexity index is 513. The quantitative estimate of drug-likeness (QED) is 0.589. The highest BCUT2D eigenvalue weighted by molar-refractivity contribution is 8.00. The first-order chi connectivity index (χ1) is 10.7. The van der Waals surface area contributed by atoms with E-state index in [0.717, 1.165) is 30.8 Å². The van der Waals surface area contributed by atoms with Crippen molar-refractivity contribution in [2.75, 3.05) is 30.0 Å². The molecule has 1 aliphatic heterocycles. The van der Waals surface area contributed by atoms with Crippen LogP contribution in [0.1, 0.15) is 18.4 Å². The van der Waals surface area contributed by atoms with Crippen molar-refractivity contribution in [3.05, 3.63) is 36.4 Å². The van der Waals surface area contributed by atoms with Gasteiger partial charge in [-0.25, -0.2) is 0 Å². The maximum atomic E-state index is 11.9. The van der Waals surface area contributed by atoms with Gasteiger partial charge in [-0.05, 0) is 37.5 Å². The molecule has 1 N–H and O–H groups in total. The van der Waals surface area contributed by atoms with Crippen molar-refractivity contribution in [2.45, 2.75) is 25.9 Å². The number of hydrogen-bond acceptors (Lipinski definition) is 4. The van der Waals surface area contributed by atoms with E-state index in [4.69, 9.17) is 9.47 Å². The van der Waals surface area contributed by atoms with Crippen LogP contribution in [0.25, 0.3) is 0 Å². The van der Waals surface area contributed by atoms with E-state index in [2.05, 4.69) is 11.9 Å². The van der Waals surface area contributed by atoms with E-state index < -0.39 is 0 Å². The molecule has 0 saturated carbocycles. The molecule has 1 aliphatic rings. The maximum Gasteiger partial charge on any atom is 0.234 e. The van der Waals surface area contributed by atoms with E-state index >= 15 is 0 Å². The van der Waals surface area contributed by atoms with Gasteiger partial charge in [-0.15, -0.1) is 18.3 Å². The Morgan fingerprint density at radius 3 is 3.18 bits per heavy atom. The van der Waals surface area contributed by atoms with Crippen LogP contribution >= 0.6 is 11.8 Å². The Morgan fingerprint density at radius 1 is 1.59 bits per heavy atom. The number of amides is 1. The Balaban J connectivity index is 1.93. The second kappa shape index (κ2) is 8.86. The third-order valence-electron chi connectivity index (χ3n) is 3.33. The van der Waals surface area contributed by atoms with Crippen LogP contribution in [0.2, 0.25) is 0 Å². The van der Waals surface area contributed by atoms with E-state index in [-0.39, 0.29) is 12.0 Å². The molecule has 1 atom stereocenters. The summed E-state index contributed by atoms with van der Waals surface area (Å²) in [6, 6.07) is 5.79. The van der Waals surface area contributed by atoms with E-state index in [0.29, 0.717) is 23.8 Å². The number of carbonyl (C=O) groups is 1. The first kappa shape index (κ1) is 16.9. The summed E-state index contributed by atoms with van der Waals surface area (Å²) in [7, 11) is 0. The largest absolute Gasteiger partial charge is 0.489 e. The molecule has 0 aromatic heterocycles. The molecule has 0 spiro atoms. The van der Waals surface area contributed by atoms with E-state index in [1.54, 1.807) is 6.08 Å². The van der Waals surface area contributed by atoms with Crippen molar-refractivity contribution in [3.8, 4) is 5.75 Å². The molecule has 0 unspecified atom stereocenters. The van der Waals surface area contributed by atoms with Crippen molar-refractivity contribution in [3.63, 3.8) is 0 Å². The van der Waals surface area contributed by atoms with Gasteiger partial charge in [0.25, 0.3) is 0 Å². The van der Waals surface area contributed by atoms with Gasteiger partial charge in [0, 0.05) is 12.4 Å². The van der Waals surface area contributed by atoms with Gasteiger partial charge in [-0.1, -0.05) is 12.1 Å². The third-order valence-corrected chi connectivity index (χ3v) is 4.27. The number of carbonyl (C=O) groups excluding carboxylic acids is 1. The fourth-order valence-corrected chi connectivity index (χ4v) is 2.77. The molecule has 5 heteroatoms. The number of rotatable bonds is 8. The highest BCUT2D eigenvalue weighted by atomic mass is 32.2. The molecule has 2 rings (SSSR count). The molecule has 1 saturated heterocycles. The number of benzene rings is 1. The summed E-state index contributed by atoms with van der Waals surface area (Å²) in [5.41, 5.74) is 1.81. The average molecular weight is 321 g/mol. The van der Waals surface area contributed by atoms with Gasteiger partial charge in [0.1, 0.15) is 12.4 Å². The lowest BCUT2D eigenvalue weighted by atomic mass is 10.2. The zero-order chi connectivity index (χ0) is 15.8. The van der Waals surface area contributed by atoms with Gasteiger partial charge in [-0.2, -0.15) is 0 Å². The van der Waals surface area contributed by atoms with Gasteiger partial charge in [0.2, 0.25) is 5.91 Å². The standard InChI is InChI=1S/C17H23NO3S/c1-3-9-22-12-17(19)18-15-7-6-13(2)10-16(15)21-11-14-5-4-8-20-14/h3,6-7,10,14H,1,4-5,8-9,11-12H2,2H3,(H,18,19)/t14-/m0/s1. The smallest absolute Gasteiger partial charge is 0.234 e. The molecule has 1 heterocycles. The third kappa shape index (κ3) is 5.39. The molecule has 0 aliphatic carbocycles. The SMILES string of the molecule is C=CCSCC(=O)Nc1ccc(C)cc1OC[C@@H]1CCCO1. The van der Waals surface area contributed by atoms with Crippen LogP contribution in [0.5, 0.6) is 5.75 Å². The number of aryl methyl sites for hydroxylation is 1. The number of anilines is 1. The zero-order valence-electron chi connectivity index (χ0n) is 13.0. The number of ether oxygens (including phenoxy) is 2. The number of thioether (sulfide) groups is 1. The summed E-state index contributed by atoms with van der Waals surface area (Å²) < 4.78 is 11.4. The van der Waals surface area contributed by atoms with E-state index in [9.17, 15) is 4.79 Å². The minimum Gasteiger partial charge on any atom is -0.489 e. The van der Waals surface area contributed by atoms with E-state index in [1.807, 2.05) is 25.1 Å². The normalized spacial score (nSPS) is 17.2. The summed E-state index contributed by atoms with van der Waals surface area (Å²) in [6.45, 7) is 6.98. The molecular weight excluding hydrogens is 298 g/mol. The lowest BCUT2D eigenvalue weighted by molar-refractivity contribution is -0.113. The van der Waals surface area contributed by atoms with Gasteiger partial charge in [-0.3, -0.25) is 4.79 Å². The molecule has 0 bridgehead atoms. The predicted octanol–water partition coefficient (Wildman–Crippen LogP) is 3.41. The fraction of sp³-hybridized carbons (Fsp3) is 0.471. The van der Waals surface area contributed by atoms with Crippen molar-refractivity contribution >= 4 is 23.4 Å². The fourth-order valence-electron chi connectivity index (χ4n) is 2.23. The molecule has 1 aromatic carbocycles. The minimum absolute atomic E-state index is 0.0299. The lowest BCUT2D eigenvalue weighted by Crippen LogP contribution is -2.19. The highest BCUT2D eigenvalue weighted by Gasteiger charge is 2.17. The van der Waals surface area contributed by atoms with Crippen LogP contribution in [0, 0.1) is 6.92 Å². The summed E-state index contributed by atoms with van der Waals surface area (Å²) in [5, 5.41) is 2.91. The lowest BCUT2D eigenvalue weighted by Gasteiger charge is -2.16. The van der Waals surface area contributed by atoms with Crippen molar-refractivity contribution in [1.29, 1.82) is 0 Å². The summed E-state index contributed by atoms with van der Waals surface area (Å²) >= 11 is 1.53. The molecular formula is C17H23NO3S. The highest BCUT2D eigenvalue weighted by Crippen LogP contribution is 2.27. The topological polar surface area (TPSA) is 47.6 Å². The van der Waals surface area contributed by atoms with Crippen LogP contribution in [0.15, 0.2) is 30.9 Å². The first-order valence-electron chi connectivity index (χ1n) is 7.52. The van der Waals surface area contributed by atoms with Gasteiger partial charge < -0.3 is 14.8 Å². The summed E-state index contributed by atoms with van der Waals surface area (Å²) in [4.78, 5) is 11.9. The van der Waals surface area contributed by atoms with Crippen molar-refractivity contribution in [2.24, 2.45) is 0 Å². The zero-order valence-corrected chi connectivity index (χ0v) is 13.8. The molecule has 0 radical (unpaired) electrons. The molecule has 120 valence electrons. The monoisotopic (exact) mass is 321 g/mol. The van der Waals surface area contributed by atoms with Crippen LogP contribution < -0.4 is 10.1 Å². The average Bonchev–Trinajstić information content (AvgIpc) is 3.01. The Hall–Kier alpha value is -1.46. The first-order valence-corrected chi connectivity index (χ1v) is 8.68. The predicted molar refractivity (Wildman–Crippen MR) is 91.8 cm³/mol. The molecule has 22 heavy (non-hydrogen) atoms. The summed E-state index contributed by atoms with van der Waals surface area (Å²) in [5.74, 6) is 1.85. The van der Waals surface area contributed by atoms with Crippen LogP contribution in [0.4, 0.5) is 5.69 Å². The minimum atomic E-state index is -0.0299. The van der Waals surface area contributed by atoms with Gasteiger partial charge >= 0.3 is 0 Å². The Labute approximate surface area is 136 Å². The number of nitrogens with one attached hydrogen (secondary N) is 1. The summed E-state index contributed by atoms with van der Waals surface area (Å²) in [6.07, 6.45) is 4.07. The maximum absolute atomic E-state index is 11.9. The second-order valence-electron chi connectivity index (χ2n) is 5.30. The second-order valence-corrected chi connectivity index (χ2v) is 6.33. The van der Waals surface area contributed by atoms with Crippen molar-refractivity contribution < 1.29 is 14.3 Å². The van der Waals surface area contributed by atoms with Gasteiger partial charge in [0.05, 0.1) is 17.5 Å². The van der Waals surface area contributed by atoms with E-state index in [1.165, 1.54) is 11.8 Å².